The van der Waals surface area contributed by atoms with E-state index in [0.29, 0.717) is 24.4 Å². The van der Waals surface area contributed by atoms with E-state index in [-0.39, 0.29) is 23.9 Å². The summed E-state index contributed by atoms with van der Waals surface area (Å²) in [5.41, 5.74) is 5.66. The first-order valence-electron chi connectivity index (χ1n) is 20.0. The summed E-state index contributed by atoms with van der Waals surface area (Å²) in [5, 5.41) is 11.3. The first kappa shape index (κ1) is 36.9. The third-order valence-corrected chi connectivity index (χ3v) is 12.4. The van der Waals surface area contributed by atoms with E-state index < -0.39 is 12.1 Å². The molecule has 4 atom stereocenters. The van der Waals surface area contributed by atoms with Gasteiger partial charge < -0.3 is 35.1 Å². The summed E-state index contributed by atoms with van der Waals surface area (Å²) >= 11 is 0. The highest BCUT2D eigenvalue weighted by Gasteiger charge is 2.38. The average Bonchev–Trinajstić information content (AvgIpc) is 4.02. The van der Waals surface area contributed by atoms with Crippen LogP contribution in [0.4, 0.5) is 4.79 Å². The summed E-state index contributed by atoms with van der Waals surface area (Å²) in [4.78, 5) is 60.7. The van der Waals surface area contributed by atoms with Crippen molar-refractivity contribution in [3.05, 3.63) is 65.6 Å². The van der Waals surface area contributed by atoms with Gasteiger partial charge in [-0.25, -0.2) is 14.8 Å². The lowest BCUT2D eigenvalue weighted by atomic mass is 9.84. The second kappa shape index (κ2) is 16.3. The van der Waals surface area contributed by atoms with E-state index in [1.807, 2.05) is 12.4 Å². The molecule has 1 saturated carbocycles. The Morgan fingerprint density at radius 2 is 1.51 bits per heavy atom. The fourth-order valence-electron chi connectivity index (χ4n) is 9.41. The molecule has 53 heavy (non-hydrogen) atoms. The van der Waals surface area contributed by atoms with Gasteiger partial charge in [0.2, 0.25) is 11.8 Å². The van der Waals surface area contributed by atoms with Crippen LogP contribution in [0.1, 0.15) is 132 Å². The van der Waals surface area contributed by atoms with Gasteiger partial charge in [-0.1, -0.05) is 44.2 Å². The maximum absolute atomic E-state index is 13.7. The highest BCUT2D eigenvalue weighted by molar-refractivity contribution is 5.85. The SMILES string of the molecule is CCN(CC)C1CCC(C(=O)N2CCC[C@H]2c2ncc(C3CC=C(c4ccc(-c5cnc([C@@H]6CCCN6C(=O)[C@H](C)NC(=O)O)[nH]5)cc4)CC3)[nH]2)CC1. The number of nitrogens with one attached hydrogen (secondary N) is 3. The molecule has 7 rings (SSSR count). The van der Waals surface area contributed by atoms with Crippen molar-refractivity contribution in [2.45, 2.75) is 121 Å². The zero-order chi connectivity index (χ0) is 37.1. The molecule has 0 radical (unpaired) electrons. The van der Waals surface area contributed by atoms with Gasteiger partial charge in [-0.3, -0.25) is 9.59 Å². The van der Waals surface area contributed by atoms with E-state index in [1.165, 1.54) is 16.8 Å². The van der Waals surface area contributed by atoms with Crippen molar-refractivity contribution in [1.29, 1.82) is 0 Å². The quantitative estimate of drug-likeness (QED) is 0.166. The Labute approximate surface area is 312 Å². The largest absolute Gasteiger partial charge is 0.465 e. The summed E-state index contributed by atoms with van der Waals surface area (Å²) in [7, 11) is 0. The van der Waals surface area contributed by atoms with Crippen LogP contribution in [0.15, 0.2) is 42.7 Å². The first-order chi connectivity index (χ1) is 25.7. The number of nitrogens with zero attached hydrogens (tertiary/aromatic N) is 5. The maximum atomic E-state index is 13.7. The van der Waals surface area contributed by atoms with Crippen LogP contribution < -0.4 is 5.32 Å². The highest BCUT2D eigenvalue weighted by atomic mass is 16.4. The normalized spacial score (nSPS) is 25.4. The number of hydrogen-bond donors (Lipinski definition) is 4. The van der Waals surface area contributed by atoms with Crippen molar-refractivity contribution in [1.82, 2.24) is 40.0 Å². The molecule has 12 heteroatoms. The first-order valence-corrected chi connectivity index (χ1v) is 20.0. The van der Waals surface area contributed by atoms with Crippen molar-refractivity contribution in [3.63, 3.8) is 0 Å². The van der Waals surface area contributed by atoms with Crippen LogP contribution in [0.3, 0.4) is 0 Å². The van der Waals surface area contributed by atoms with Gasteiger partial charge >= 0.3 is 6.09 Å². The topological polar surface area (TPSA) is 151 Å². The highest BCUT2D eigenvalue weighted by Crippen LogP contribution is 2.39. The Balaban J connectivity index is 0.937. The van der Waals surface area contributed by atoms with Gasteiger partial charge in [0.05, 0.1) is 24.0 Å². The number of likely N-dealkylation sites (tertiary alicyclic amines) is 2. The van der Waals surface area contributed by atoms with E-state index in [1.54, 1.807) is 11.8 Å². The minimum absolute atomic E-state index is 0.0559. The molecule has 4 heterocycles. The molecule has 1 unspecified atom stereocenters. The molecular formula is C41H56N8O4. The Morgan fingerprint density at radius 3 is 2.17 bits per heavy atom. The Bertz CT molecular complexity index is 1770. The van der Waals surface area contributed by atoms with Gasteiger partial charge in [-0.15, -0.1) is 0 Å². The molecule has 2 aliphatic carbocycles. The van der Waals surface area contributed by atoms with Gasteiger partial charge in [-0.05, 0) is 107 Å². The predicted molar refractivity (Wildman–Crippen MR) is 204 cm³/mol. The van der Waals surface area contributed by atoms with Gasteiger partial charge in [0.25, 0.3) is 0 Å². The molecule has 2 aromatic heterocycles. The van der Waals surface area contributed by atoms with E-state index in [9.17, 15) is 14.4 Å². The minimum Gasteiger partial charge on any atom is -0.465 e. The number of benzene rings is 1. The number of carboxylic acid groups (broad SMARTS) is 1. The van der Waals surface area contributed by atoms with E-state index in [0.717, 1.165) is 113 Å². The van der Waals surface area contributed by atoms with Gasteiger partial charge in [-0.2, -0.15) is 0 Å². The molecule has 284 valence electrons. The van der Waals surface area contributed by atoms with Crippen LogP contribution >= 0.6 is 0 Å². The van der Waals surface area contributed by atoms with Crippen molar-refractivity contribution in [2.24, 2.45) is 5.92 Å². The molecule has 3 amide bonds. The van der Waals surface area contributed by atoms with Crippen molar-refractivity contribution < 1.29 is 19.5 Å². The molecular weight excluding hydrogens is 669 g/mol. The zero-order valence-electron chi connectivity index (χ0n) is 31.5. The Kier molecular flexibility index (Phi) is 11.3. The number of rotatable bonds is 11. The number of carbonyl (C=O) groups is 3. The fourth-order valence-corrected chi connectivity index (χ4v) is 9.41. The van der Waals surface area contributed by atoms with Crippen LogP contribution in [0.2, 0.25) is 0 Å². The standard InChI is InChI=1S/C41H56N8O4/c1-4-47(5-2)32-20-18-31(19-21-32)40(51)49-23-7-9-36(49)38-43-25-34(46-38)30-16-12-28(13-17-30)27-10-14-29(15-11-27)33-24-42-37(45-33)35-8-6-22-48(35)39(50)26(3)44-41(52)53/h10-12,14-15,24-26,30-32,35-36,44H,4-9,13,16-23H2,1-3H3,(H,42,45)(H,43,46)(H,52,53)/t26-,30?,31?,32?,35-,36-/m0/s1. The monoisotopic (exact) mass is 724 g/mol. The van der Waals surface area contributed by atoms with E-state index >= 15 is 0 Å². The second-order valence-corrected chi connectivity index (χ2v) is 15.5. The molecule has 3 aromatic rings. The summed E-state index contributed by atoms with van der Waals surface area (Å²) in [6, 6.07) is 8.23. The zero-order valence-corrected chi connectivity index (χ0v) is 31.5. The number of aromatic nitrogens is 4. The van der Waals surface area contributed by atoms with Gasteiger partial charge in [0.1, 0.15) is 17.7 Å². The van der Waals surface area contributed by atoms with Crippen LogP contribution in [0.5, 0.6) is 0 Å². The Morgan fingerprint density at radius 1 is 0.868 bits per heavy atom. The number of imidazole rings is 2. The molecule has 4 aliphatic rings. The number of amides is 3. The van der Waals surface area contributed by atoms with Crippen LogP contribution in [0, 0.1) is 5.92 Å². The number of H-pyrrole nitrogens is 2. The van der Waals surface area contributed by atoms with Crippen LogP contribution in [0.25, 0.3) is 16.8 Å². The lowest BCUT2D eigenvalue weighted by Gasteiger charge is -2.37. The van der Waals surface area contributed by atoms with Crippen molar-refractivity contribution in [2.75, 3.05) is 26.2 Å². The molecule has 0 spiro atoms. The van der Waals surface area contributed by atoms with E-state index in [4.69, 9.17) is 10.1 Å². The molecule has 1 aromatic carbocycles. The number of carbonyl (C=O) groups excluding carboxylic acids is 2. The average molecular weight is 725 g/mol. The van der Waals surface area contributed by atoms with Crippen molar-refractivity contribution >= 4 is 23.5 Å². The van der Waals surface area contributed by atoms with Crippen LogP contribution in [-0.4, -0.2) is 95.9 Å². The summed E-state index contributed by atoms with van der Waals surface area (Å²) < 4.78 is 0. The molecule has 0 bridgehead atoms. The molecule has 4 N–H and O–H groups in total. The predicted octanol–water partition coefficient (Wildman–Crippen LogP) is 7.03. The summed E-state index contributed by atoms with van der Waals surface area (Å²) in [6.07, 6.45) is 15.8. The summed E-state index contributed by atoms with van der Waals surface area (Å²) in [6.45, 7) is 9.63. The van der Waals surface area contributed by atoms with Gasteiger partial charge in [0, 0.05) is 42.9 Å². The third kappa shape index (κ3) is 7.93. The van der Waals surface area contributed by atoms with Crippen molar-refractivity contribution in [3.8, 4) is 11.3 Å². The third-order valence-electron chi connectivity index (χ3n) is 12.4. The molecule has 12 nitrogen and oxygen atoms in total. The van der Waals surface area contributed by atoms with Crippen LogP contribution in [-0.2, 0) is 9.59 Å². The smallest absolute Gasteiger partial charge is 0.405 e. The number of hydrogen-bond acceptors (Lipinski definition) is 6. The fraction of sp³-hybridized carbons (Fsp3) is 0.585. The maximum Gasteiger partial charge on any atom is 0.405 e. The van der Waals surface area contributed by atoms with E-state index in [2.05, 4.69) is 74.3 Å². The summed E-state index contributed by atoms with van der Waals surface area (Å²) in [5.74, 6) is 2.30. The molecule has 2 saturated heterocycles. The lowest BCUT2D eigenvalue weighted by Crippen LogP contribution is -2.46. The lowest BCUT2D eigenvalue weighted by molar-refractivity contribution is -0.138. The molecule has 3 fully saturated rings. The number of aromatic amines is 2. The van der Waals surface area contributed by atoms with Gasteiger partial charge in [0.15, 0.2) is 0 Å². The number of allylic oxidation sites excluding steroid dienone is 2. The minimum atomic E-state index is -1.21. The Hall–Kier alpha value is -4.45. The molecule has 2 aliphatic heterocycles. The second-order valence-electron chi connectivity index (χ2n) is 15.5.